The van der Waals surface area contributed by atoms with E-state index in [2.05, 4.69) is 24.0 Å². The summed E-state index contributed by atoms with van der Waals surface area (Å²) in [5.41, 5.74) is 8.74. The van der Waals surface area contributed by atoms with E-state index in [0.717, 1.165) is 25.3 Å². The molecule has 3 nitrogen and oxygen atoms in total. The summed E-state index contributed by atoms with van der Waals surface area (Å²) >= 11 is 0. The van der Waals surface area contributed by atoms with Crippen molar-refractivity contribution in [2.24, 2.45) is 11.7 Å². The second kappa shape index (κ2) is 4.88. The number of hydrogen-bond acceptors (Lipinski definition) is 3. The van der Waals surface area contributed by atoms with Gasteiger partial charge in [0.15, 0.2) is 0 Å². The first kappa shape index (κ1) is 12.0. The maximum atomic E-state index is 5.96. The predicted octanol–water partition coefficient (Wildman–Crippen LogP) is 2.13. The molecule has 1 fully saturated rings. The lowest BCUT2D eigenvalue weighted by Crippen LogP contribution is -2.49. The van der Waals surface area contributed by atoms with Crippen LogP contribution in [0.25, 0.3) is 0 Å². The Morgan fingerprint density at radius 1 is 1.33 bits per heavy atom. The van der Waals surface area contributed by atoms with Crippen molar-refractivity contribution in [2.75, 3.05) is 18.0 Å². The summed E-state index contributed by atoms with van der Waals surface area (Å²) in [7, 11) is 0. The zero-order valence-corrected chi connectivity index (χ0v) is 11.2. The van der Waals surface area contributed by atoms with Crippen LogP contribution in [-0.4, -0.2) is 24.1 Å². The van der Waals surface area contributed by atoms with Crippen LogP contribution < -0.4 is 10.6 Å². The van der Waals surface area contributed by atoms with Crippen LogP contribution in [-0.2, 0) is 12.8 Å². The first-order valence-corrected chi connectivity index (χ1v) is 7.25. The molecule has 1 aliphatic carbocycles. The molecule has 2 N–H and O–H groups in total. The Balaban J connectivity index is 1.88. The lowest BCUT2D eigenvalue weighted by molar-refractivity contribution is 0.348. The molecule has 1 aliphatic heterocycles. The van der Waals surface area contributed by atoms with E-state index in [-0.39, 0.29) is 0 Å². The van der Waals surface area contributed by atoms with Crippen LogP contribution in [0.5, 0.6) is 0 Å². The van der Waals surface area contributed by atoms with Crippen LogP contribution in [0, 0.1) is 5.92 Å². The highest BCUT2D eigenvalue weighted by atomic mass is 15.2. The molecule has 98 valence electrons. The van der Waals surface area contributed by atoms with Crippen LogP contribution in [0.1, 0.15) is 37.4 Å². The van der Waals surface area contributed by atoms with E-state index < -0.39 is 0 Å². The largest absolute Gasteiger partial charge is 0.352 e. The molecule has 2 heterocycles. The topological polar surface area (TPSA) is 42.2 Å². The summed E-state index contributed by atoms with van der Waals surface area (Å²) in [5.74, 6) is 1.83. The Hall–Kier alpha value is -1.09. The van der Waals surface area contributed by atoms with Gasteiger partial charge in [0.2, 0.25) is 0 Å². The van der Waals surface area contributed by atoms with Gasteiger partial charge in [0.1, 0.15) is 5.82 Å². The summed E-state index contributed by atoms with van der Waals surface area (Å²) in [5, 5.41) is 0. The molecule has 0 spiro atoms. The number of rotatable bonds is 2. The fourth-order valence-electron chi connectivity index (χ4n) is 3.46. The van der Waals surface area contributed by atoms with Gasteiger partial charge in [-0.1, -0.05) is 13.0 Å². The lowest BCUT2D eigenvalue weighted by atomic mass is 9.91. The molecule has 2 aliphatic rings. The number of anilines is 1. The lowest BCUT2D eigenvalue weighted by Gasteiger charge is -2.40. The van der Waals surface area contributed by atoms with Crippen molar-refractivity contribution in [2.45, 2.75) is 45.1 Å². The zero-order valence-electron chi connectivity index (χ0n) is 11.2. The molecule has 2 atom stereocenters. The van der Waals surface area contributed by atoms with Gasteiger partial charge in [-0.25, -0.2) is 4.98 Å². The Bertz CT molecular complexity index is 430. The Morgan fingerprint density at radius 3 is 3.06 bits per heavy atom. The Labute approximate surface area is 109 Å². The summed E-state index contributed by atoms with van der Waals surface area (Å²) in [4.78, 5) is 7.32. The minimum Gasteiger partial charge on any atom is -0.352 e. The minimum atomic E-state index is 0.464. The van der Waals surface area contributed by atoms with Gasteiger partial charge < -0.3 is 10.6 Å². The van der Waals surface area contributed by atoms with Gasteiger partial charge in [0.05, 0.1) is 0 Å². The Morgan fingerprint density at radius 2 is 2.22 bits per heavy atom. The zero-order chi connectivity index (χ0) is 12.5. The summed E-state index contributed by atoms with van der Waals surface area (Å²) in [6, 6.07) is 4.94. The quantitative estimate of drug-likeness (QED) is 0.868. The van der Waals surface area contributed by atoms with Crippen molar-refractivity contribution in [3.05, 3.63) is 23.4 Å². The van der Waals surface area contributed by atoms with E-state index in [4.69, 9.17) is 10.7 Å². The number of pyridine rings is 1. The molecule has 0 saturated carbocycles. The average molecular weight is 245 g/mol. The SMILES string of the molecule is CC1CCCN(c2ccc3c(n2)CCC3)C1CN. The van der Waals surface area contributed by atoms with Gasteiger partial charge in [-0.05, 0) is 49.7 Å². The molecule has 3 heteroatoms. The predicted molar refractivity (Wildman–Crippen MR) is 74.8 cm³/mol. The van der Waals surface area contributed by atoms with E-state index in [9.17, 15) is 0 Å². The van der Waals surface area contributed by atoms with Crippen LogP contribution in [0.4, 0.5) is 5.82 Å². The Kier molecular flexibility index (Phi) is 3.25. The van der Waals surface area contributed by atoms with Crippen molar-refractivity contribution in [3.63, 3.8) is 0 Å². The van der Waals surface area contributed by atoms with Gasteiger partial charge in [0.25, 0.3) is 0 Å². The molecular weight excluding hydrogens is 222 g/mol. The molecule has 0 bridgehead atoms. The monoisotopic (exact) mass is 245 g/mol. The highest BCUT2D eigenvalue weighted by molar-refractivity contribution is 5.45. The fraction of sp³-hybridized carbons (Fsp3) is 0.667. The first-order chi connectivity index (χ1) is 8.79. The van der Waals surface area contributed by atoms with Gasteiger partial charge in [-0.3, -0.25) is 0 Å². The molecule has 0 amide bonds. The second-order valence-electron chi connectivity index (χ2n) is 5.74. The van der Waals surface area contributed by atoms with Crippen LogP contribution in [0.2, 0.25) is 0 Å². The maximum absolute atomic E-state index is 5.96. The van der Waals surface area contributed by atoms with E-state index in [1.165, 1.54) is 36.9 Å². The van der Waals surface area contributed by atoms with E-state index in [0.29, 0.717) is 12.0 Å². The van der Waals surface area contributed by atoms with Crippen LogP contribution in [0.15, 0.2) is 12.1 Å². The molecule has 0 radical (unpaired) electrons. The molecule has 0 aromatic carbocycles. The van der Waals surface area contributed by atoms with Crippen molar-refractivity contribution in [1.82, 2.24) is 4.98 Å². The molecule has 1 aromatic rings. The van der Waals surface area contributed by atoms with Crippen molar-refractivity contribution in [1.29, 1.82) is 0 Å². The fourth-order valence-corrected chi connectivity index (χ4v) is 3.46. The third-order valence-electron chi connectivity index (χ3n) is 4.56. The number of nitrogens with zero attached hydrogens (tertiary/aromatic N) is 2. The summed E-state index contributed by atoms with van der Waals surface area (Å²) in [6.07, 6.45) is 6.18. The molecule has 1 saturated heterocycles. The van der Waals surface area contributed by atoms with Gasteiger partial charge in [-0.15, -0.1) is 0 Å². The molecule has 2 unspecified atom stereocenters. The summed E-state index contributed by atoms with van der Waals surface area (Å²) in [6.45, 7) is 4.16. The van der Waals surface area contributed by atoms with Gasteiger partial charge >= 0.3 is 0 Å². The number of aryl methyl sites for hydroxylation is 2. The van der Waals surface area contributed by atoms with Crippen molar-refractivity contribution >= 4 is 5.82 Å². The van der Waals surface area contributed by atoms with Crippen molar-refractivity contribution in [3.8, 4) is 0 Å². The molecule has 1 aromatic heterocycles. The van der Waals surface area contributed by atoms with Crippen molar-refractivity contribution < 1.29 is 0 Å². The standard InChI is InChI=1S/C15H23N3/c1-11-4-3-9-18(14(11)10-16)15-8-7-12-5-2-6-13(12)17-15/h7-8,11,14H,2-6,9-10,16H2,1H3. The van der Waals surface area contributed by atoms with E-state index in [1.807, 2.05) is 0 Å². The minimum absolute atomic E-state index is 0.464. The maximum Gasteiger partial charge on any atom is 0.129 e. The third kappa shape index (κ3) is 2.01. The van der Waals surface area contributed by atoms with Crippen LogP contribution >= 0.6 is 0 Å². The number of nitrogens with two attached hydrogens (primary N) is 1. The smallest absolute Gasteiger partial charge is 0.129 e. The average Bonchev–Trinajstić information content (AvgIpc) is 2.85. The first-order valence-electron chi connectivity index (χ1n) is 7.25. The highest BCUT2D eigenvalue weighted by Crippen LogP contribution is 2.29. The van der Waals surface area contributed by atoms with Crippen LogP contribution in [0.3, 0.4) is 0 Å². The van der Waals surface area contributed by atoms with E-state index in [1.54, 1.807) is 0 Å². The third-order valence-corrected chi connectivity index (χ3v) is 4.56. The second-order valence-corrected chi connectivity index (χ2v) is 5.74. The number of fused-ring (bicyclic) bond motifs is 1. The number of aromatic nitrogens is 1. The highest BCUT2D eigenvalue weighted by Gasteiger charge is 2.28. The molecule has 3 rings (SSSR count). The van der Waals surface area contributed by atoms with Gasteiger partial charge in [-0.2, -0.15) is 0 Å². The number of piperidine rings is 1. The number of hydrogen-bond donors (Lipinski definition) is 1. The molecular formula is C15H23N3. The normalized spacial score (nSPS) is 27.3. The molecule has 18 heavy (non-hydrogen) atoms. The summed E-state index contributed by atoms with van der Waals surface area (Å²) < 4.78 is 0. The van der Waals surface area contributed by atoms with E-state index >= 15 is 0 Å². The van der Waals surface area contributed by atoms with Gasteiger partial charge in [0, 0.05) is 24.8 Å².